The molecular formula is C30H33Cl2N3O5. The highest BCUT2D eigenvalue weighted by Gasteiger charge is 2.25. The maximum absolute atomic E-state index is 13.1. The molecule has 8 nitrogen and oxygen atoms in total. The van der Waals surface area contributed by atoms with E-state index >= 15 is 0 Å². The first-order valence-electron chi connectivity index (χ1n) is 13.0. The molecule has 0 saturated carbocycles. The maximum Gasteiger partial charge on any atom is 0.262 e. The van der Waals surface area contributed by atoms with Gasteiger partial charge in [0.1, 0.15) is 11.8 Å². The Balaban J connectivity index is 1.69. The summed E-state index contributed by atoms with van der Waals surface area (Å²) in [6, 6.07) is 18.6. The van der Waals surface area contributed by atoms with E-state index in [1.165, 1.54) is 12.3 Å². The van der Waals surface area contributed by atoms with Gasteiger partial charge >= 0.3 is 0 Å². The fourth-order valence-corrected chi connectivity index (χ4v) is 4.07. The van der Waals surface area contributed by atoms with Crippen LogP contribution in [0.25, 0.3) is 0 Å². The Morgan fingerprint density at radius 3 is 2.38 bits per heavy atom. The molecule has 0 saturated heterocycles. The smallest absolute Gasteiger partial charge is 0.262 e. The van der Waals surface area contributed by atoms with Gasteiger partial charge in [-0.25, -0.2) is 5.43 Å². The second kappa shape index (κ2) is 15.7. The van der Waals surface area contributed by atoms with Crippen molar-refractivity contribution < 1.29 is 23.8 Å². The van der Waals surface area contributed by atoms with Crippen molar-refractivity contribution in [3.8, 4) is 17.2 Å². The zero-order chi connectivity index (χ0) is 28.9. The van der Waals surface area contributed by atoms with Gasteiger partial charge in [-0.15, -0.1) is 0 Å². The van der Waals surface area contributed by atoms with E-state index in [1.54, 1.807) is 31.2 Å². The second-order valence-electron chi connectivity index (χ2n) is 8.81. The van der Waals surface area contributed by atoms with Crippen LogP contribution >= 0.6 is 23.2 Å². The Kier molecular flexibility index (Phi) is 12.1. The number of hydrogen-bond acceptors (Lipinski definition) is 6. The topological polar surface area (TPSA) is 98.2 Å². The molecule has 0 unspecified atom stereocenters. The lowest BCUT2D eigenvalue weighted by atomic mass is 10.1. The van der Waals surface area contributed by atoms with Crippen molar-refractivity contribution in [2.75, 3.05) is 13.2 Å². The summed E-state index contributed by atoms with van der Waals surface area (Å²) in [7, 11) is 0. The van der Waals surface area contributed by atoms with Gasteiger partial charge in [0.15, 0.2) is 17.6 Å². The molecule has 3 aromatic carbocycles. The van der Waals surface area contributed by atoms with Gasteiger partial charge < -0.3 is 19.5 Å². The van der Waals surface area contributed by atoms with Crippen molar-refractivity contribution in [2.24, 2.45) is 5.10 Å². The summed E-state index contributed by atoms with van der Waals surface area (Å²) in [4.78, 5) is 26.1. The van der Waals surface area contributed by atoms with Gasteiger partial charge in [-0.05, 0) is 67.8 Å². The van der Waals surface area contributed by atoms with E-state index in [-0.39, 0.29) is 11.4 Å². The summed E-state index contributed by atoms with van der Waals surface area (Å²) < 4.78 is 17.1. The van der Waals surface area contributed by atoms with Crippen molar-refractivity contribution in [1.82, 2.24) is 10.7 Å². The number of halogens is 2. The molecule has 0 heterocycles. The normalized spacial score (nSPS) is 12.4. The van der Waals surface area contributed by atoms with Gasteiger partial charge in [0.2, 0.25) is 0 Å². The number of hydrogen-bond donors (Lipinski definition) is 2. The molecule has 0 bridgehead atoms. The first-order valence-corrected chi connectivity index (χ1v) is 13.7. The Labute approximate surface area is 244 Å². The summed E-state index contributed by atoms with van der Waals surface area (Å²) >= 11 is 12.1. The molecule has 0 aliphatic rings. The summed E-state index contributed by atoms with van der Waals surface area (Å²) in [5, 5.41) is 7.59. The minimum atomic E-state index is -0.932. The molecule has 212 valence electrons. The van der Waals surface area contributed by atoms with Gasteiger partial charge in [-0.1, -0.05) is 60.5 Å². The lowest BCUT2D eigenvalue weighted by molar-refractivity contribution is -0.132. The molecule has 0 aliphatic heterocycles. The molecule has 2 amide bonds. The van der Waals surface area contributed by atoms with E-state index in [0.717, 1.165) is 12.0 Å². The van der Waals surface area contributed by atoms with Crippen LogP contribution in [0.4, 0.5) is 0 Å². The molecule has 0 aliphatic carbocycles. The monoisotopic (exact) mass is 585 g/mol. The second-order valence-corrected chi connectivity index (χ2v) is 9.65. The molecule has 3 aromatic rings. The number of amides is 2. The first kappa shape index (κ1) is 30.8. The van der Waals surface area contributed by atoms with Crippen LogP contribution < -0.4 is 25.0 Å². The van der Waals surface area contributed by atoms with E-state index < -0.39 is 24.0 Å². The van der Waals surface area contributed by atoms with E-state index in [4.69, 9.17) is 37.4 Å². The Bertz CT molecular complexity index is 1300. The SMILES string of the molecule is CCCOc1ccc(/C=N\NC(=O)[C@@H](Cc2ccccc2)NC(=O)[C@H](C)Oc2ccc(Cl)cc2Cl)cc1OCC. The van der Waals surface area contributed by atoms with Crippen molar-refractivity contribution in [1.29, 1.82) is 0 Å². The van der Waals surface area contributed by atoms with Crippen LogP contribution in [0.5, 0.6) is 17.2 Å². The average molecular weight is 587 g/mol. The molecule has 0 spiro atoms. The van der Waals surface area contributed by atoms with Crippen LogP contribution in [0.1, 0.15) is 38.3 Å². The molecule has 40 heavy (non-hydrogen) atoms. The molecule has 3 rings (SSSR count). The highest BCUT2D eigenvalue weighted by atomic mass is 35.5. The van der Waals surface area contributed by atoms with E-state index in [1.807, 2.05) is 50.2 Å². The highest BCUT2D eigenvalue weighted by molar-refractivity contribution is 6.35. The predicted molar refractivity (Wildman–Crippen MR) is 158 cm³/mol. The van der Waals surface area contributed by atoms with Gasteiger partial charge in [0, 0.05) is 11.4 Å². The highest BCUT2D eigenvalue weighted by Crippen LogP contribution is 2.29. The molecular weight excluding hydrogens is 553 g/mol. The lowest BCUT2D eigenvalue weighted by Gasteiger charge is -2.21. The number of nitrogens with one attached hydrogen (secondary N) is 2. The molecule has 2 N–H and O–H groups in total. The van der Waals surface area contributed by atoms with Crippen LogP contribution in [0, 0.1) is 0 Å². The Morgan fingerprint density at radius 2 is 1.68 bits per heavy atom. The number of ether oxygens (including phenoxy) is 3. The Morgan fingerprint density at radius 1 is 0.925 bits per heavy atom. The van der Waals surface area contributed by atoms with Crippen molar-refractivity contribution in [2.45, 2.75) is 45.8 Å². The number of carbonyl (C=O) groups excluding carboxylic acids is 2. The predicted octanol–water partition coefficient (Wildman–Crippen LogP) is 5.83. The maximum atomic E-state index is 13.1. The van der Waals surface area contributed by atoms with E-state index in [2.05, 4.69) is 15.8 Å². The van der Waals surface area contributed by atoms with Crippen molar-refractivity contribution >= 4 is 41.2 Å². The summed E-state index contributed by atoms with van der Waals surface area (Å²) in [6.07, 6.45) is 1.69. The fourth-order valence-electron chi connectivity index (χ4n) is 3.62. The first-order chi connectivity index (χ1) is 19.3. The van der Waals surface area contributed by atoms with Gasteiger partial charge in [0.25, 0.3) is 11.8 Å². The van der Waals surface area contributed by atoms with Gasteiger partial charge in [-0.3, -0.25) is 9.59 Å². The van der Waals surface area contributed by atoms with E-state index in [0.29, 0.717) is 41.0 Å². The standard InChI is InChI=1S/C30H33Cl2N3O5/c1-4-15-39-27-13-11-22(17-28(27)38-5-2)19-33-35-30(37)25(16-21-9-7-6-8-10-21)34-29(36)20(3)40-26-14-12-23(31)18-24(26)32/h6-14,17-20,25H,4-5,15-16H2,1-3H3,(H,34,36)(H,35,37)/b33-19-/t20-,25+/m0/s1. The van der Waals surface area contributed by atoms with Crippen LogP contribution in [-0.4, -0.2) is 43.4 Å². The summed E-state index contributed by atoms with van der Waals surface area (Å²) in [5.74, 6) is 0.565. The number of hydrazone groups is 1. The van der Waals surface area contributed by atoms with Crippen molar-refractivity contribution in [3.05, 3.63) is 87.9 Å². The third-order valence-corrected chi connectivity index (χ3v) is 6.13. The molecule has 2 atom stereocenters. The van der Waals surface area contributed by atoms with Crippen LogP contribution in [0.3, 0.4) is 0 Å². The number of benzene rings is 3. The third kappa shape index (κ3) is 9.47. The lowest BCUT2D eigenvalue weighted by Crippen LogP contribution is -2.50. The average Bonchev–Trinajstić information content (AvgIpc) is 2.94. The molecule has 0 fully saturated rings. The summed E-state index contributed by atoms with van der Waals surface area (Å²) in [5.41, 5.74) is 4.10. The molecule has 0 aromatic heterocycles. The number of nitrogens with zero attached hydrogens (tertiary/aromatic N) is 1. The van der Waals surface area contributed by atoms with Crippen LogP contribution in [0.2, 0.25) is 10.0 Å². The van der Waals surface area contributed by atoms with Gasteiger partial charge in [-0.2, -0.15) is 5.10 Å². The van der Waals surface area contributed by atoms with Crippen LogP contribution in [0.15, 0.2) is 71.8 Å². The third-order valence-electron chi connectivity index (χ3n) is 5.60. The molecule has 0 radical (unpaired) electrons. The fraction of sp³-hybridized carbons (Fsp3) is 0.300. The Hall–Kier alpha value is -3.75. The van der Waals surface area contributed by atoms with Crippen LogP contribution in [-0.2, 0) is 16.0 Å². The van der Waals surface area contributed by atoms with Crippen molar-refractivity contribution in [3.63, 3.8) is 0 Å². The summed E-state index contributed by atoms with van der Waals surface area (Å²) in [6.45, 7) is 6.55. The largest absolute Gasteiger partial charge is 0.490 e. The quantitative estimate of drug-likeness (QED) is 0.183. The minimum Gasteiger partial charge on any atom is -0.490 e. The zero-order valence-corrected chi connectivity index (χ0v) is 24.2. The van der Waals surface area contributed by atoms with E-state index in [9.17, 15) is 9.59 Å². The van der Waals surface area contributed by atoms with Gasteiger partial charge in [0.05, 0.1) is 24.5 Å². The zero-order valence-electron chi connectivity index (χ0n) is 22.7. The molecule has 10 heteroatoms. The number of carbonyl (C=O) groups is 2. The number of rotatable bonds is 14. The minimum absolute atomic E-state index is 0.250.